The summed E-state index contributed by atoms with van der Waals surface area (Å²) in [6.45, 7) is 1.00. The summed E-state index contributed by atoms with van der Waals surface area (Å²) in [5, 5.41) is 11.2. The Kier molecular flexibility index (Phi) is 5.96. The van der Waals surface area contributed by atoms with Crippen LogP contribution in [-0.2, 0) is 4.74 Å². The molecule has 0 heterocycles. The van der Waals surface area contributed by atoms with Crippen LogP contribution in [-0.4, -0.2) is 37.4 Å². The van der Waals surface area contributed by atoms with Gasteiger partial charge in [0.1, 0.15) is 0 Å². The van der Waals surface area contributed by atoms with E-state index in [0.29, 0.717) is 24.4 Å². The van der Waals surface area contributed by atoms with Crippen LogP contribution >= 0.6 is 15.9 Å². The molecule has 0 spiro atoms. The highest BCUT2D eigenvalue weighted by atomic mass is 79.9. The van der Waals surface area contributed by atoms with E-state index in [9.17, 15) is 4.79 Å². The molecule has 0 atom stereocenters. The molecular weight excluding hydrogens is 288 g/mol. The molecule has 0 fully saturated rings. The van der Waals surface area contributed by atoms with Gasteiger partial charge in [-0.25, -0.2) is 0 Å². The Bertz CT molecular complexity index is 385. The maximum atomic E-state index is 11.7. The van der Waals surface area contributed by atoms with Crippen molar-refractivity contribution >= 4 is 27.5 Å². The van der Waals surface area contributed by atoms with Gasteiger partial charge in [-0.3, -0.25) is 4.79 Å². The molecule has 0 saturated heterocycles. The van der Waals surface area contributed by atoms with Gasteiger partial charge >= 0.3 is 0 Å². The summed E-state index contributed by atoms with van der Waals surface area (Å²) < 4.78 is 5.85. The van der Waals surface area contributed by atoms with Gasteiger partial charge in [0, 0.05) is 16.7 Å². The number of rotatable bonds is 6. The van der Waals surface area contributed by atoms with Crippen molar-refractivity contribution in [2.45, 2.75) is 0 Å². The summed E-state index contributed by atoms with van der Waals surface area (Å²) in [5.41, 5.74) is 6.58. The van der Waals surface area contributed by atoms with Gasteiger partial charge in [-0.1, -0.05) is 15.9 Å². The number of nitrogens with two attached hydrogens (primary N) is 1. The molecule has 1 aromatic rings. The van der Waals surface area contributed by atoms with Crippen LogP contribution in [0.3, 0.4) is 0 Å². The number of amides is 1. The number of ether oxygens (including phenoxy) is 1. The fourth-order valence-electron chi connectivity index (χ4n) is 1.24. The molecule has 1 aromatic carbocycles. The second kappa shape index (κ2) is 7.26. The minimum atomic E-state index is -0.234. The molecule has 0 saturated carbocycles. The smallest absolute Gasteiger partial charge is 0.253 e. The minimum Gasteiger partial charge on any atom is -0.398 e. The van der Waals surface area contributed by atoms with E-state index < -0.39 is 0 Å². The molecule has 1 amide bonds. The van der Waals surface area contributed by atoms with Crippen molar-refractivity contribution in [3.05, 3.63) is 28.2 Å². The van der Waals surface area contributed by atoms with Gasteiger partial charge in [0.15, 0.2) is 0 Å². The molecule has 0 aliphatic rings. The molecule has 0 bridgehead atoms. The van der Waals surface area contributed by atoms with Crippen molar-refractivity contribution in [3.8, 4) is 0 Å². The predicted octanol–water partition coefficient (Wildman–Crippen LogP) is 0.770. The van der Waals surface area contributed by atoms with Gasteiger partial charge in [0.2, 0.25) is 0 Å². The molecule has 17 heavy (non-hydrogen) atoms. The Morgan fingerprint density at radius 1 is 1.47 bits per heavy atom. The van der Waals surface area contributed by atoms with E-state index >= 15 is 0 Å². The quantitative estimate of drug-likeness (QED) is 0.535. The SMILES string of the molecule is Nc1cc(Br)ccc1C(=O)NCCOCCO. The first-order valence-corrected chi connectivity index (χ1v) is 5.96. The molecule has 6 heteroatoms. The number of anilines is 1. The third-order valence-electron chi connectivity index (χ3n) is 2.03. The zero-order chi connectivity index (χ0) is 12.7. The molecule has 0 unspecified atom stereocenters. The van der Waals surface area contributed by atoms with Gasteiger partial charge in [-0.05, 0) is 18.2 Å². The number of nitrogen functional groups attached to an aromatic ring is 1. The number of benzene rings is 1. The number of nitrogens with one attached hydrogen (secondary N) is 1. The van der Waals surface area contributed by atoms with Crippen LogP contribution in [0.5, 0.6) is 0 Å². The van der Waals surface area contributed by atoms with E-state index in [1.807, 2.05) is 0 Å². The van der Waals surface area contributed by atoms with Crippen molar-refractivity contribution < 1.29 is 14.6 Å². The van der Waals surface area contributed by atoms with Crippen molar-refractivity contribution in [1.29, 1.82) is 0 Å². The molecule has 4 N–H and O–H groups in total. The third-order valence-corrected chi connectivity index (χ3v) is 2.52. The Morgan fingerprint density at radius 3 is 2.88 bits per heavy atom. The average molecular weight is 303 g/mol. The Balaban J connectivity index is 2.42. The van der Waals surface area contributed by atoms with Crippen LogP contribution in [0.25, 0.3) is 0 Å². The van der Waals surface area contributed by atoms with Crippen molar-refractivity contribution in [3.63, 3.8) is 0 Å². The van der Waals surface area contributed by atoms with Crippen LogP contribution in [0.2, 0.25) is 0 Å². The second-order valence-corrected chi connectivity index (χ2v) is 4.24. The van der Waals surface area contributed by atoms with Gasteiger partial charge in [-0.15, -0.1) is 0 Å². The average Bonchev–Trinajstić information content (AvgIpc) is 2.28. The van der Waals surface area contributed by atoms with Crippen LogP contribution in [0.15, 0.2) is 22.7 Å². The molecule has 0 aromatic heterocycles. The van der Waals surface area contributed by atoms with Crippen LogP contribution in [0.1, 0.15) is 10.4 Å². The number of aliphatic hydroxyl groups is 1. The molecule has 94 valence electrons. The van der Waals surface area contributed by atoms with Crippen molar-refractivity contribution in [2.75, 3.05) is 32.1 Å². The Labute approximate surface area is 108 Å². The fraction of sp³-hybridized carbons (Fsp3) is 0.364. The summed E-state index contributed by atoms with van der Waals surface area (Å²) in [6, 6.07) is 5.09. The standard InChI is InChI=1S/C11H15BrN2O3/c12-8-1-2-9(10(13)7-8)11(16)14-3-5-17-6-4-15/h1-2,7,15H,3-6,13H2,(H,14,16). The summed E-state index contributed by atoms with van der Waals surface area (Å²) >= 11 is 3.27. The topological polar surface area (TPSA) is 84.6 Å². The minimum absolute atomic E-state index is 0.0202. The van der Waals surface area contributed by atoms with Gasteiger partial charge in [-0.2, -0.15) is 0 Å². The van der Waals surface area contributed by atoms with Crippen LogP contribution in [0, 0.1) is 0 Å². The highest BCUT2D eigenvalue weighted by Gasteiger charge is 2.08. The molecule has 0 aliphatic carbocycles. The van der Waals surface area contributed by atoms with Gasteiger partial charge in [0.05, 0.1) is 25.4 Å². The molecular formula is C11H15BrN2O3. The molecule has 5 nitrogen and oxygen atoms in total. The normalized spacial score (nSPS) is 10.2. The van der Waals surface area contributed by atoms with Crippen LogP contribution in [0.4, 0.5) is 5.69 Å². The Hall–Kier alpha value is -1.11. The largest absolute Gasteiger partial charge is 0.398 e. The number of aliphatic hydroxyl groups excluding tert-OH is 1. The lowest BCUT2D eigenvalue weighted by Crippen LogP contribution is -2.28. The number of hydrogen-bond donors (Lipinski definition) is 3. The lowest BCUT2D eigenvalue weighted by atomic mass is 10.1. The van der Waals surface area contributed by atoms with E-state index in [1.165, 1.54) is 0 Å². The van der Waals surface area contributed by atoms with E-state index in [4.69, 9.17) is 15.6 Å². The van der Waals surface area contributed by atoms with Crippen LogP contribution < -0.4 is 11.1 Å². The molecule has 0 radical (unpaired) electrons. The zero-order valence-electron chi connectivity index (χ0n) is 9.28. The lowest BCUT2D eigenvalue weighted by Gasteiger charge is -2.08. The predicted molar refractivity (Wildman–Crippen MR) is 68.8 cm³/mol. The highest BCUT2D eigenvalue weighted by molar-refractivity contribution is 9.10. The number of hydrogen-bond acceptors (Lipinski definition) is 4. The summed E-state index contributed by atoms with van der Waals surface area (Å²) in [7, 11) is 0. The molecule has 0 aliphatic heterocycles. The third kappa shape index (κ3) is 4.72. The van der Waals surface area contributed by atoms with Crippen molar-refractivity contribution in [1.82, 2.24) is 5.32 Å². The van der Waals surface area contributed by atoms with Gasteiger partial charge < -0.3 is 20.9 Å². The first kappa shape index (κ1) is 14.0. The van der Waals surface area contributed by atoms with E-state index in [-0.39, 0.29) is 19.1 Å². The lowest BCUT2D eigenvalue weighted by molar-refractivity contribution is 0.0838. The van der Waals surface area contributed by atoms with E-state index in [0.717, 1.165) is 4.47 Å². The molecule has 1 rings (SSSR count). The maximum Gasteiger partial charge on any atom is 0.253 e. The monoisotopic (exact) mass is 302 g/mol. The maximum absolute atomic E-state index is 11.7. The van der Waals surface area contributed by atoms with Gasteiger partial charge in [0.25, 0.3) is 5.91 Å². The first-order valence-electron chi connectivity index (χ1n) is 5.17. The first-order chi connectivity index (χ1) is 8.15. The second-order valence-electron chi connectivity index (χ2n) is 3.32. The number of carbonyl (C=O) groups excluding carboxylic acids is 1. The summed E-state index contributed by atoms with van der Waals surface area (Å²) in [4.78, 5) is 11.7. The van der Waals surface area contributed by atoms with Crippen molar-refractivity contribution in [2.24, 2.45) is 0 Å². The summed E-state index contributed by atoms with van der Waals surface area (Å²) in [5.74, 6) is -0.234. The summed E-state index contributed by atoms with van der Waals surface area (Å²) in [6.07, 6.45) is 0. The number of carbonyl (C=O) groups is 1. The fourth-order valence-corrected chi connectivity index (χ4v) is 1.62. The Morgan fingerprint density at radius 2 is 2.24 bits per heavy atom. The van der Waals surface area contributed by atoms with E-state index in [1.54, 1.807) is 18.2 Å². The zero-order valence-corrected chi connectivity index (χ0v) is 10.9. The highest BCUT2D eigenvalue weighted by Crippen LogP contribution is 2.18. The number of halogens is 1. The van der Waals surface area contributed by atoms with E-state index in [2.05, 4.69) is 21.2 Å².